The quantitative estimate of drug-likeness (QED) is 0.539. The van der Waals surface area contributed by atoms with E-state index in [0.717, 1.165) is 22.5 Å². The van der Waals surface area contributed by atoms with Crippen molar-refractivity contribution in [2.24, 2.45) is 0 Å². The number of aliphatic hydroxyl groups is 1. The molecule has 2 aromatic carbocycles. The molecule has 2 heterocycles. The van der Waals surface area contributed by atoms with Gasteiger partial charge in [0.25, 0.3) is 0 Å². The molecule has 0 amide bonds. The van der Waals surface area contributed by atoms with Crippen molar-refractivity contribution in [1.29, 1.82) is 0 Å². The van der Waals surface area contributed by atoms with E-state index < -0.39 is 12.8 Å². The zero-order chi connectivity index (χ0) is 22.2. The second kappa shape index (κ2) is 8.14. The van der Waals surface area contributed by atoms with Gasteiger partial charge in [-0.1, -0.05) is 12.1 Å². The Balaban J connectivity index is 1.89. The van der Waals surface area contributed by atoms with Gasteiger partial charge in [0.2, 0.25) is 0 Å². The van der Waals surface area contributed by atoms with Gasteiger partial charge in [0.15, 0.2) is 6.61 Å². The molecule has 6 nitrogen and oxygen atoms in total. The van der Waals surface area contributed by atoms with Crippen LogP contribution in [0.15, 0.2) is 36.4 Å². The number of anilines is 3. The lowest BCUT2D eigenvalue weighted by atomic mass is 10.1. The maximum Gasteiger partial charge on any atom is 0.422 e. The Kier molecular flexibility index (Phi) is 5.53. The first kappa shape index (κ1) is 21.0. The Bertz CT molecular complexity index is 1120. The molecule has 0 atom stereocenters. The second-order valence-corrected chi connectivity index (χ2v) is 7.37. The van der Waals surface area contributed by atoms with Crippen LogP contribution in [-0.2, 0) is 6.42 Å². The van der Waals surface area contributed by atoms with Crippen molar-refractivity contribution in [2.75, 3.05) is 36.5 Å². The highest BCUT2D eigenvalue weighted by molar-refractivity contribution is 6.02. The SMILES string of the molecule is Cc1cc(O)ccc1N1CCc2c(NCCO)nc3c(OCC(F)(F)F)cccc3c21. The van der Waals surface area contributed by atoms with Crippen molar-refractivity contribution in [3.05, 3.63) is 47.5 Å². The lowest BCUT2D eigenvalue weighted by Crippen LogP contribution is -2.19. The van der Waals surface area contributed by atoms with Crippen LogP contribution in [0.1, 0.15) is 11.1 Å². The topological polar surface area (TPSA) is 77.9 Å². The number of fused-ring (bicyclic) bond motifs is 3. The third-order valence-corrected chi connectivity index (χ3v) is 5.17. The van der Waals surface area contributed by atoms with Crippen molar-refractivity contribution in [3.8, 4) is 11.5 Å². The molecule has 4 rings (SSSR count). The summed E-state index contributed by atoms with van der Waals surface area (Å²) < 4.78 is 43.3. The smallest absolute Gasteiger partial charge is 0.422 e. The third kappa shape index (κ3) is 4.18. The summed E-state index contributed by atoms with van der Waals surface area (Å²) in [5.74, 6) is 0.714. The first-order valence-electron chi connectivity index (χ1n) is 9.85. The molecule has 0 saturated heterocycles. The first-order valence-corrected chi connectivity index (χ1v) is 9.85. The largest absolute Gasteiger partial charge is 0.508 e. The summed E-state index contributed by atoms with van der Waals surface area (Å²) in [6, 6.07) is 10.0. The number of hydrogen-bond acceptors (Lipinski definition) is 6. The van der Waals surface area contributed by atoms with Crippen molar-refractivity contribution in [3.63, 3.8) is 0 Å². The standard InChI is InChI=1S/C22H22F3N3O3/c1-13-11-14(30)5-6-17(13)28-9-7-16-20(28)15-3-2-4-18(31-12-22(23,24)25)19(15)27-21(16)26-8-10-29/h2-6,11,29-30H,7-10,12H2,1H3,(H,26,27). The minimum absolute atomic E-state index is 0.0407. The number of rotatable bonds is 6. The number of nitrogens with one attached hydrogen (secondary N) is 1. The van der Waals surface area contributed by atoms with Crippen LogP contribution in [0.2, 0.25) is 0 Å². The molecule has 0 bridgehead atoms. The molecular formula is C22H22F3N3O3. The number of aromatic nitrogens is 1. The van der Waals surface area contributed by atoms with E-state index in [1.165, 1.54) is 6.07 Å². The van der Waals surface area contributed by atoms with Gasteiger partial charge in [0.1, 0.15) is 22.8 Å². The van der Waals surface area contributed by atoms with Crippen LogP contribution in [0, 0.1) is 6.92 Å². The zero-order valence-electron chi connectivity index (χ0n) is 16.8. The van der Waals surface area contributed by atoms with Gasteiger partial charge in [0.05, 0.1) is 12.3 Å². The second-order valence-electron chi connectivity index (χ2n) is 7.37. The Morgan fingerprint density at radius 2 is 2.03 bits per heavy atom. The highest BCUT2D eigenvalue weighted by atomic mass is 19.4. The molecule has 3 N–H and O–H groups in total. The van der Waals surface area contributed by atoms with Gasteiger partial charge in [0, 0.05) is 29.7 Å². The van der Waals surface area contributed by atoms with Crippen molar-refractivity contribution in [1.82, 2.24) is 4.98 Å². The van der Waals surface area contributed by atoms with Crippen LogP contribution in [0.3, 0.4) is 0 Å². The van der Waals surface area contributed by atoms with E-state index in [1.807, 2.05) is 19.1 Å². The number of nitrogens with zero attached hydrogens (tertiary/aromatic N) is 2. The number of para-hydroxylation sites is 1. The number of ether oxygens (including phenoxy) is 1. The summed E-state index contributed by atoms with van der Waals surface area (Å²) >= 11 is 0. The van der Waals surface area contributed by atoms with Crippen molar-refractivity contribution < 1.29 is 28.1 Å². The number of hydrogen-bond donors (Lipinski definition) is 3. The number of alkyl halides is 3. The minimum Gasteiger partial charge on any atom is -0.508 e. The van der Waals surface area contributed by atoms with E-state index in [2.05, 4.69) is 15.2 Å². The molecular weight excluding hydrogens is 411 g/mol. The normalized spacial score (nSPS) is 13.5. The predicted molar refractivity (Wildman–Crippen MR) is 112 cm³/mol. The van der Waals surface area contributed by atoms with Gasteiger partial charge in [-0.25, -0.2) is 4.98 Å². The van der Waals surface area contributed by atoms with Gasteiger partial charge in [-0.15, -0.1) is 0 Å². The Morgan fingerprint density at radius 3 is 2.74 bits per heavy atom. The molecule has 0 fully saturated rings. The minimum atomic E-state index is -4.47. The van der Waals surface area contributed by atoms with Crippen LogP contribution in [0.4, 0.5) is 30.4 Å². The van der Waals surface area contributed by atoms with E-state index in [1.54, 1.807) is 18.2 Å². The number of aromatic hydroxyl groups is 1. The van der Waals surface area contributed by atoms with E-state index in [9.17, 15) is 23.4 Å². The average molecular weight is 433 g/mol. The summed E-state index contributed by atoms with van der Waals surface area (Å²) in [5, 5.41) is 22.8. The van der Waals surface area contributed by atoms with E-state index in [4.69, 9.17) is 4.74 Å². The lowest BCUT2D eigenvalue weighted by Gasteiger charge is -2.24. The van der Waals surface area contributed by atoms with Crippen LogP contribution in [0.5, 0.6) is 11.5 Å². The lowest BCUT2D eigenvalue weighted by molar-refractivity contribution is -0.153. The molecule has 1 aliphatic heterocycles. The monoisotopic (exact) mass is 433 g/mol. The average Bonchev–Trinajstić information content (AvgIpc) is 3.15. The molecule has 0 unspecified atom stereocenters. The third-order valence-electron chi connectivity index (χ3n) is 5.17. The highest BCUT2D eigenvalue weighted by Gasteiger charge is 2.31. The van der Waals surface area contributed by atoms with Crippen LogP contribution in [0.25, 0.3) is 10.9 Å². The molecule has 1 aromatic heterocycles. The van der Waals surface area contributed by atoms with E-state index in [0.29, 0.717) is 29.7 Å². The number of aliphatic hydroxyl groups excluding tert-OH is 1. The van der Waals surface area contributed by atoms with Gasteiger partial charge >= 0.3 is 6.18 Å². The molecule has 164 valence electrons. The maximum absolute atomic E-state index is 12.8. The van der Waals surface area contributed by atoms with Crippen LogP contribution < -0.4 is 15.0 Å². The van der Waals surface area contributed by atoms with Crippen molar-refractivity contribution in [2.45, 2.75) is 19.5 Å². The summed E-state index contributed by atoms with van der Waals surface area (Å²) in [6.07, 6.45) is -3.80. The first-order chi connectivity index (χ1) is 14.8. The Hall–Kier alpha value is -3.20. The number of phenolic OH excluding ortho intramolecular Hbond substituents is 1. The maximum atomic E-state index is 12.8. The molecule has 9 heteroatoms. The Labute approximate surface area is 176 Å². The number of halogens is 3. The zero-order valence-corrected chi connectivity index (χ0v) is 16.8. The molecule has 31 heavy (non-hydrogen) atoms. The summed E-state index contributed by atoms with van der Waals surface area (Å²) in [6.45, 7) is 1.27. The predicted octanol–water partition coefficient (Wildman–Crippen LogP) is 4.29. The van der Waals surface area contributed by atoms with Crippen LogP contribution >= 0.6 is 0 Å². The fraction of sp³-hybridized carbons (Fsp3) is 0.318. The Morgan fingerprint density at radius 1 is 1.23 bits per heavy atom. The molecule has 3 aromatic rings. The fourth-order valence-electron chi connectivity index (χ4n) is 3.94. The van der Waals surface area contributed by atoms with Gasteiger partial charge in [-0.2, -0.15) is 13.2 Å². The van der Waals surface area contributed by atoms with Gasteiger partial charge in [-0.3, -0.25) is 0 Å². The van der Waals surface area contributed by atoms with Crippen molar-refractivity contribution >= 4 is 28.1 Å². The van der Waals surface area contributed by atoms with Crippen LogP contribution in [-0.4, -0.2) is 47.7 Å². The van der Waals surface area contributed by atoms with Gasteiger partial charge in [-0.05, 0) is 43.2 Å². The molecule has 0 spiro atoms. The summed E-state index contributed by atoms with van der Waals surface area (Å²) in [7, 11) is 0. The number of benzene rings is 2. The van der Waals surface area contributed by atoms with E-state index in [-0.39, 0.29) is 24.7 Å². The number of phenols is 1. The molecule has 0 saturated carbocycles. The number of pyridine rings is 1. The highest BCUT2D eigenvalue weighted by Crippen LogP contribution is 2.45. The molecule has 1 aliphatic rings. The summed E-state index contributed by atoms with van der Waals surface area (Å²) in [4.78, 5) is 6.64. The summed E-state index contributed by atoms with van der Waals surface area (Å²) in [5.41, 5.74) is 3.82. The molecule has 0 aliphatic carbocycles. The van der Waals surface area contributed by atoms with Gasteiger partial charge < -0.3 is 25.2 Å². The fourth-order valence-corrected chi connectivity index (χ4v) is 3.94. The molecule has 0 radical (unpaired) electrons. The van der Waals surface area contributed by atoms with E-state index >= 15 is 0 Å². The number of aryl methyl sites for hydroxylation is 1.